The summed E-state index contributed by atoms with van der Waals surface area (Å²) in [5.41, 5.74) is 1.92. The molecule has 2 amide bonds. The minimum Gasteiger partial charge on any atom is -0.393 e. The number of ketones is 1. The van der Waals surface area contributed by atoms with Crippen molar-refractivity contribution >= 4 is 17.6 Å². The number of carbonyl (C=O) groups is 3. The van der Waals surface area contributed by atoms with E-state index in [1.165, 1.54) is 24.8 Å². The molecule has 6 nitrogen and oxygen atoms in total. The molecule has 5 aliphatic carbocycles. The molecule has 0 unspecified atom stereocenters. The van der Waals surface area contributed by atoms with Gasteiger partial charge in [0.15, 0.2) is 0 Å². The third-order valence-electron chi connectivity index (χ3n) is 12.5. The summed E-state index contributed by atoms with van der Waals surface area (Å²) < 4.78 is 0. The van der Waals surface area contributed by atoms with E-state index in [-0.39, 0.29) is 52.8 Å². The Morgan fingerprint density at radius 3 is 2.37 bits per heavy atom. The molecule has 1 heterocycles. The molecule has 1 N–H and O–H groups in total. The van der Waals surface area contributed by atoms with E-state index in [9.17, 15) is 19.5 Å². The predicted octanol–water partition coefficient (Wildman–Crippen LogP) is 4.60. The molecule has 0 spiro atoms. The lowest BCUT2D eigenvalue weighted by molar-refractivity contribution is -0.143. The maximum absolute atomic E-state index is 13.5. The number of carbonyl (C=O) groups excluding carboxylic acids is 3. The zero-order chi connectivity index (χ0) is 26.8. The molecule has 38 heavy (non-hydrogen) atoms. The lowest BCUT2D eigenvalue weighted by atomic mass is 9.47. The molecular formula is C32H48N2O4. The third-order valence-corrected chi connectivity index (χ3v) is 12.5. The van der Waals surface area contributed by atoms with Gasteiger partial charge in [0.05, 0.1) is 12.5 Å². The first-order valence-corrected chi connectivity index (χ1v) is 15.6. The minimum atomic E-state index is -0.167. The number of nitrogens with zero attached hydrogens (tertiary/aromatic N) is 2. The largest absolute Gasteiger partial charge is 0.393 e. The summed E-state index contributed by atoms with van der Waals surface area (Å²) in [6.45, 7) is 9.32. The second-order valence-electron chi connectivity index (χ2n) is 14.3. The van der Waals surface area contributed by atoms with Crippen molar-refractivity contribution in [1.29, 1.82) is 0 Å². The summed E-state index contributed by atoms with van der Waals surface area (Å²) in [6, 6.07) is 0. The molecule has 0 aromatic rings. The lowest BCUT2D eigenvalue weighted by Gasteiger charge is -2.58. The van der Waals surface area contributed by atoms with Crippen LogP contribution < -0.4 is 0 Å². The Balaban J connectivity index is 1.07. The van der Waals surface area contributed by atoms with Crippen LogP contribution in [-0.4, -0.2) is 64.8 Å². The Labute approximate surface area is 228 Å². The molecule has 4 saturated carbocycles. The van der Waals surface area contributed by atoms with Crippen LogP contribution in [0.5, 0.6) is 0 Å². The van der Waals surface area contributed by atoms with Crippen LogP contribution in [0.2, 0.25) is 0 Å². The van der Waals surface area contributed by atoms with Gasteiger partial charge < -0.3 is 14.9 Å². The maximum atomic E-state index is 13.5. The summed E-state index contributed by atoms with van der Waals surface area (Å²) in [6.07, 6.45) is 13.1. The normalized spacial score (nSPS) is 41.5. The van der Waals surface area contributed by atoms with E-state index in [1.807, 2.05) is 4.90 Å². The number of piperazine rings is 1. The Morgan fingerprint density at radius 2 is 1.66 bits per heavy atom. The van der Waals surface area contributed by atoms with Gasteiger partial charge in [0.1, 0.15) is 5.78 Å². The third kappa shape index (κ3) is 4.37. The fraction of sp³-hybridized carbons (Fsp3) is 0.844. The van der Waals surface area contributed by atoms with Gasteiger partial charge in [-0.1, -0.05) is 32.4 Å². The molecule has 0 bridgehead atoms. The van der Waals surface area contributed by atoms with Crippen LogP contribution in [-0.2, 0) is 14.4 Å². The van der Waals surface area contributed by atoms with E-state index >= 15 is 0 Å². The second kappa shape index (κ2) is 9.74. The van der Waals surface area contributed by atoms with Gasteiger partial charge in [0.25, 0.3) is 0 Å². The van der Waals surface area contributed by atoms with Crippen molar-refractivity contribution < 1.29 is 19.5 Å². The van der Waals surface area contributed by atoms with E-state index in [2.05, 4.69) is 26.8 Å². The van der Waals surface area contributed by atoms with Crippen LogP contribution in [0.1, 0.15) is 91.4 Å². The number of rotatable bonds is 5. The van der Waals surface area contributed by atoms with E-state index in [0.717, 1.165) is 44.9 Å². The number of hydrogen-bond donors (Lipinski definition) is 1. The van der Waals surface area contributed by atoms with Gasteiger partial charge >= 0.3 is 0 Å². The Kier molecular flexibility index (Phi) is 6.80. The summed E-state index contributed by atoms with van der Waals surface area (Å²) in [5.74, 6) is 2.82. The molecule has 210 valence electrons. The van der Waals surface area contributed by atoms with Crippen molar-refractivity contribution in [2.75, 3.05) is 26.2 Å². The molecule has 1 aliphatic heterocycles. The number of Topliss-reactive ketones (excluding diaryl/α,β-unsaturated/α-hetero) is 1. The maximum Gasteiger partial charge on any atom is 0.230 e. The number of allylic oxidation sites excluding steroid dienone is 1. The lowest BCUT2D eigenvalue weighted by Crippen LogP contribution is -2.52. The topological polar surface area (TPSA) is 77.9 Å². The van der Waals surface area contributed by atoms with Crippen LogP contribution >= 0.6 is 0 Å². The minimum absolute atomic E-state index is 0.00747. The molecule has 6 heteroatoms. The van der Waals surface area contributed by atoms with Crippen molar-refractivity contribution in [3.05, 3.63) is 11.6 Å². The van der Waals surface area contributed by atoms with Gasteiger partial charge in [0.2, 0.25) is 11.8 Å². The van der Waals surface area contributed by atoms with Gasteiger partial charge in [-0.05, 0) is 98.7 Å². The number of aliphatic hydroxyl groups is 1. The number of aliphatic hydroxyl groups excluding tert-OH is 1. The monoisotopic (exact) mass is 524 g/mol. The smallest absolute Gasteiger partial charge is 0.230 e. The van der Waals surface area contributed by atoms with Gasteiger partial charge in [-0.25, -0.2) is 0 Å². The zero-order valence-corrected chi connectivity index (χ0v) is 23.8. The summed E-state index contributed by atoms with van der Waals surface area (Å²) in [7, 11) is 0. The SMILES string of the molecule is C[C@@H](C(=O)CC(=O)N1CCN(C(=O)C2CC2)CC1)[C@H]1CC[C@H]2[C@@H]3CC=C4C[C@@H](O)CC[C@]4(C)[C@H]3CC[C@@]12C. The first-order chi connectivity index (χ1) is 18.1. The van der Waals surface area contributed by atoms with E-state index in [0.29, 0.717) is 49.9 Å². The fourth-order valence-corrected chi connectivity index (χ4v) is 9.91. The van der Waals surface area contributed by atoms with E-state index in [1.54, 1.807) is 4.90 Å². The number of hydrogen-bond acceptors (Lipinski definition) is 4. The molecule has 5 fully saturated rings. The van der Waals surface area contributed by atoms with Crippen LogP contribution in [0.15, 0.2) is 11.6 Å². The quantitative estimate of drug-likeness (QED) is 0.421. The molecule has 1 saturated heterocycles. The summed E-state index contributed by atoms with van der Waals surface area (Å²) in [5, 5.41) is 10.3. The van der Waals surface area contributed by atoms with Gasteiger partial charge in [-0.2, -0.15) is 0 Å². The van der Waals surface area contributed by atoms with E-state index in [4.69, 9.17) is 0 Å². The molecule has 8 atom stereocenters. The Hall–Kier alpha value is -1.69. The van der Waals surface area contributed by atoms with Crippen molar-refractivity contribution in [2.45, 2.75) is 97.5 Å². The standard InChI is InChI=1S/C32H48N2O4/c1-20(28(36)19-29(37)33-14-16-34(17-15-33)30(38)21-4-5-21)25-8-9-26-24-7-6-22-18-23(35)10-12-31(22,2)27(24)11-13-32(25,26)3/h6,20-21,23-27,35H,4-5,7-19H2,1-3H3/t20-,23+,24+,25-,26+,27+,31+,32+/m1/s1. The molecule has 0 radical (unpaired) electrons. The highest BCUT2D eigenvalue weighted by Gasteiger charge is 2.59. The average molecular weight is 525 g/mol. The summed E-state index contributed by atoms with van der Waals surface area (Å²) in [4.78, 5) is 42.6. The highest BCUT2D eigenvalue weighted by Crippen LogP contribution is 2.67. The first kappa shape index (κ1) is 26.5. The zero-order valence-electron chi connectivity index (χ0n) is 23.8. The van der Waals surface area contributed by atoms with Crippen molar-refractivity contribution in [3.63, 3.8) is 0 Å². The highest BCUT2D eigenvalue weighted by atomic mass is 16.3. The molecule has 0 aromatic carbocycles. The number of fused-ring (bicyclic) bond motifs is 5. The number of amides is 2. The van der Waals surface area contributed by atoms with Gasteiger partial charge in [-0.15, -0.1) is 0 Å². The fourth-order valence-electron chi connectivity index (χ4n) is 9.91. The second-order valence-corrected chi connectivity index (χ2v) is 14.3. The molecule has 0 aromatic heterocycles. The van der Waals surface area contributed by atoms with Crippen LogP contribution in [0, 0.1) is 46.3 Å². The predicted molar refractivity (Wildman–Crippen MR) is 146 cm³/mol. The summed E-state index contributed by atoms with van der Waals surface area (Å²) >= 11 is 0. The van der Waals surface area contributed by atoms with Crippen LogP contribution in [0.3, 0.4) is 0 Å². The average Bonchev–Trinajstić information content (AvgIpc) is 3.69. The highest BCUT2D eigenvalue weighted by molar-refractivity contribution is 5.99. The first-order valence-electron chi connectivity index (χ1n) is 15.6. The van der Waals surface area contributed by atoms with Crippen molar-refractivity contribution in [1.82, 2.24) is 9.80 Å². The van der Waals surface area contributed by atoms with Crippen molar-refractivity contribution in [3.8, 4) is 0 Å². The van der Waals surface area contributed by atoms with E-state index < -0.39 is 0 Å². The van der Waals surface area contributed by atoms with Crippen molar-refractivity contribution in [2.24, 2.45) is 46.3 Å². The molecule has 6 aliphatic rings. The molecule has 6 rings (SSSR count). The molecular weight excluding hydrogens is 476 g/mol. The van der Waals surface area contributed by atoms with Crippen LogP contribution in [0.25, 0.3) is 0 Å². The Bertz CT molecular complexity index is 1010. The Morgan fingerprint density at radius 1 is 0.947 bits per heavy atom. The van der Waals surface area contributed by atoms with Gasteiger partial charge in [0, 0.05) is 38.0 Å². The van der Waals surface area contributed by atoms with Crippen LogP contribution in [0.4, 0.5) is 0 Å². The van der Waals surface area contributed by atoms with Gasteiger partial charge in [-0.3, -0.25) is 14.4 Å².